The Hall–Kier alpha value is -0.530. The zero-order valence-corrected chi connectivity index (χ0v) is 6.01. The molecular weight excluding hydrogens is 168 g/mol. The van der Waals surface area contributed by atoms with Crippen LogP contribution in [0, 0.1) is 0 Å². The molecule has 0 saturated carbocycles. The van der Waals surface area contributed by atoms with Crippen LogP contribution in [0.4, 0.5) is 0 Å². The van der Waals surface area contributed by atoms with Crippen LogP contribution >= 0.6 is 0 Å². The first-order valence-corrected chi connectivity index (χ1v) is 3.01. The number of carbonyl (C=O) groups excluding carboxylic acids is 1. The summed E-state index contributed by atoms with van der Waals surface area (Å²) < 4.78 is 20.0. The molecule has 0 radical (unpaired) electrons. The molecule has 0 heterocycles. The van der Waals surface area contributed by atoms with E-state index in [2.05, 4.69) is 0 Å². The molecule has 0 aliphatic rings. The van der Waals surface area contributed by atoms with E-state index in [9.17, 15) is 4.79 Å². The van der Waals surface area contributed by atoms with Crippen molar-refractivity contribution >= 4 is 5.78 Å². The summed E-state index contributed by atoms with van der Waals surface area (Å²) in [7, 11) is 0. The first kappa shape index (κ1) is 6.93. The van der Waals surface area contributed by atoms with Gasteiger partial charge in [-0.2, -0.15) is 0 Å². The van der Waals surface area contributed by atoms with Gasteiger partial charge in [0.25, 0.3) is 0 Å². The Bertz CT molecular complexity index is 238. The lowest BCUT2D eigenvalue weighted by molar-refractivity contribution is -0.142. The van der Waals surface area contributed by atoms with E-state index in [4.69, 9.17) is 29.6 Å². The lowest BCUT2D eigenvalue weighted by Gasteiger charge is -2.19. The fourth-order valence-electron chi connectivity index (χ4n) is 0.474. The number of Topliss-reactive ketones (excluding diaryl/α,β-unsaturated/α-hetero) is 1. The van der Waals surface area contributed by atoms with Crippen LogP contribution in [-0.4, -0.2) is 62.8 Å². The van der Waals surface area contributed by atoms with Gasteiger partial charge in [0.05, 0.1) is 10.7 Å². The van der Waals surface area contributed by atoms with Crippen molar-refractivity contribution in [3.05, 3.63) is 0 Å². The molecule has 0 bridgehead atoms. The van der Waals surface area contributed by atoms with E-state index in [1.807, 2.05) is 0 Å². The van der Waals surface area contributed by atoms with Gasteiger partial charge in [-0.25, -0.2) is 0 Å². The van der Waals surface area contributed by atoms with Crippen LogP contribution in [0.15, 0.2) is 0 Å². The molecule has 0 saturated heterocycles. The summed E-state index contributed by atoms with van der Waals surface area (Å²) >= 11 is 0. The van der Waals surface area contributed by atoms with Crippen molar-refractivity contribution in [3.8, 4) is 0 Å². The van der Waals surface area contributed by atoms with Crippen LogP contribution in [0.2, 0.25) is 0 Å². The van der Waals surface area contributed by atoms with Crippen molar-refractivity contribution in [2.75, 3.05) is 13.2 Å². The molecule has 6 nitrogen and oxygen atoms in total. The molecule has 0 rings (SSSR count). The largest absolute Gasteiger partial charge is 0.394 e. The maximum atomic E-state index is 10.9. The van der Waals surface area contributed by atoms with Crippen molar-refractivity contribution in [3.63, 3.8) is 0 Å². The maximum absolute atomic E-state index is 10.9. The van der Waals surface area contributed by atoms with Gasteiger partial charge in [0.15, 0.2) is 5.78 Å². The highest BCUT2D eigenvalue weighted by molar-refractivity contribution is 5.84. The summed E-state index contributed by atoms with van der Waals surface area (Å²) in [6.07, 6.45) is -7.88. The SMILES string of the molecule is [2H]C([2H])(O)C(=O)[C@@]([2H])(O)[C@@H](O)[C@H](O)CO. The molecule has 0 aliphatic heterocycles. The van der Waals surface area contributed by atoms with Crippen LogP contribution in [-0.2, 0) is 4.79 Å². The highest BCUT2D eigenvalue weighted by Crippen LogP contribution is 2.00. The number of rotatable bonds is 5. The molecule has 3 atom stereocenters. The Morgan fingerprint density at radius 3 is 2.25 bits per heavy atom. The zero-order valence-electron chi connectivity index (χ0n) is 9.01. The summed E-state index contributed by atoms with van der Waals surface area (Å²) in [5, 5.41) is 43.9. The fraction of sp³-hybridized carbons (Fsp3) is 0.833. The lowest BCUT2D eigenvalue weighted by atomic mass is 10.1. The number of hydrogen-bond acceptors (Lipinski definition) is 6. The first-order chi connectivity index (χ1) is 6.55. The number of hydrogen-bond donors (Lipinski definition) is 5. The van der Waals surface area contributed by atoms with Gasteiger partial charge in [-0.05, 0) is 0 Å². The third-order valence-electron chi connectivity index (χ3n) is 1.17. The average molecular weight is 183 g/mol. The molecule has 0 aromatic rings. The van der Waals surface area contributed by atoms with E-state index in [-0.39, 0.29) is 0 Å². The monoisotopic (exact) mass is 183 g/mol. The van der Waals surface area contributed by atoms with Crippen molar-refractivity contribution in [1.29, 1.82) is 0 Å². The molecule has 6 heteroatoms. The Labute approximate surface area is 72.9 Å². The van der Waals surface area contributed by atoms with E-state index in [0.29, 0.717) is 0 Å². The minimum Gasteiger partial charge on any atom is -0.394 e. The first-order valence-electron chi connectivity index (χ1n) is 4.51. The van der Waals surface area contributed by atoms with E-state index >= 15 is 0 Å². The van der Waals surface area contributed by atoms with Crippen molar-refractivity contribution in [2.45, 2.75) is 18.3 Å². The van der Waals surface area contributed by atoms with Gasteiger partial charge in [0.1, 0.15) is 24.8 Å². The number of ketones is 1. The van der Waals surface area contributed by atoms with Gasteiger partial charge in [0, 0.05) is 0 Å². The smallest absolute Gasteiger partial charge is 0.189 e. The Morgan fingerprint density at radius 2 is 1.92 bits per heavy atom. The summed E-state index contributed by atoms with van der Waals surface area (Å²) in [5.41, 5.74) is 0. The molecular formula is C6H12O6. The Morgan fingerprint density at radius 1 is 1.42 bits per heavy atom. The molecule has 0 unspecified atom stereocenters. The normalized spacial score (nSPS) is 25.9. The van der Waals surface area contributed by atoms with Gasteiger partial charge in [-0.1, -0.05) is 0 Å². The maximum Gasteiger partial charge on any atom is 0.189 e. The van der Waals surface area contributed by atoms with Crippen molar-refractivity contribution in [2.24, 2.45) is 0 Å². The third kappa shape index (κ3) is 2.84. The second-order valence-electron chi connectivity index (χ2n) is 2.02. The molecule has 12 heavy (non-hydrogen) atoms. The molecule has 0 aromatic carbocycles. The van der Waals surface area contributed by atoms with E-state index < -0.39 is 37.2 Å². The molecule has 0 aromatic heterocycles. The summed E-state index contributed by atoms with van der Waals surface area (Å²) in [5.74, 6) is -2.03. The molecule has 0 fully saturated rings. The predicted octanol–water partition coefficient (Wildman–Crippen LogP) is -3.38. The lowest BCUT2D eigenvalue weighted by Crippen LogP contribution is -2.44. The van der Waals surface area contributed by atoms with E-state index in [1.165, 1.54) is 0 Å². The second kappa shape index (κ2) is 5.18. The summed E-state index contributed by atoms with van der Waals surface area (Å²) in [6.45, 7) is -4.56. The van der Waals surface area contributed by atoms with Crippen LogP contribution in [0.1, 0.15) is 4.11 Å². The number of carbonyl (C=O) groups is 1. The van der Waals surface area contributed by atoms with E-state index in [1.54, 1.807) is 0 Å². The van der Waals surface area contributed by atoms with Gasteiger partial charge in [-0.3, -0.25) is 4.79 Å². The van der Waals surface area contributed by atoms with Crippen LogP contribution in [0.5, 0.6) is 0 Å². The zero-order chi connectivity index (χ0) is 12.4. The highest BCUT2D eigenvalue weighted by atomic mass is 16.4. The minimum atomic E-state index is -3.52. The second-order valence-corrected chi connectivity index (χ2v) is 2.02. The summed E-state index contributed by atoms with van der Waals surface area (Å²) in [6, 6.07) is 0. The van der Waals surface area contributed by atoms with Gasteiger partial charge >= 0.3 is 0 Å². The predicted molar refractivity (Wildman–Crippen MR) is 37.2 cm³/mol. The van der Waals surface area contributed by atoms with Crippen LogP contribution in [0.3, 0.4) is 0 Å². The Kier molecular flexibility index (Phi) is 2.99. The third-order valence-corrected chi connectivity index (χ3v) is 1.17. The fourth-order valence-corrected chi connectivity index (χ4v) is 0.474. The highest BCUT2D eigenvalue weighted by Gasteiger charge is 2.28. The van der Waals surface area contributed by atoms with Crippen LogP contribution < -0.4 is 0 Å². The average Bonchev–Trinajstić information content (AvgIpc) is 2.12. The van der Waals surface area contributed by atoms with Gasteiger partial charge in [0.2, 0.25) is 0 Å². The number of aliphatic hydroxyl groups excluding tert-OH is 3. The topological polar surface area (TPSA) is 118 Å². The van der Waals surface area contributed by atoms with Crippen LogP contribution in [0.25, 0.3) is 0 Å². The summed E-state index contributed by atoms with van der Waals surface area (Å²) in [4.78, 5) is 10.9. The molecule has 0 aliphatic carbocycles. The molecule has 0 amide bonds. The van der Waals surface area contributed by atoms with Crippen molar-refractivity contribution in [1.82, 2.24) is 0 Å². The standard InChI is InChI=1S/C6H12O6/c7-1-3(9)5(11)6(12)4(10)2-8/h3,5-9,11-12H,1-2H2/t3-,5+,6-/m1/s1/i2D2,6D. The number of aliphatic hydroxyl groups is 5. The molecule has 0 spiro atoms. The Balaban J connectivity index is 4.89. The molecule has 72 valence electrons. The molecule has 5 N–H and O–H groups in total. The van der Waals surface area contributed by atoms with E-state index in [0.717, 1.165) is 0 Å². The minimum absolute atomic E-state index is 1.04. The van der Waals surface area contributed by atoms with Gasteiger partial charge in [-0.15, -0.1) is 0 Å². The quantitative estimate of drug-likeness (QED) is 0.303. The van der Waals surface area contributed by atoms with Gasteiger partial charge < -0.3 is 25.5 Å². The van der Waals surface area contributed by atoms with Crippen molar-refractivity contribution < 1.29 is 34.4 Å².